The zero-order chi connectivity index (χ0) is 20.4. The van der Waals surface area contributed by atoms with Crippen molar-refractivity contribution < 1.29 is 8.42 Å². The van der Waals surface area contributed by atoms with Gasteiger partial charge in [0.2, 0.25) is 0 Å². The summed E-state index contributed by atoms with van der Waals surface area (Å²) in [4.78, 5) is 0.225. The average molecular weight is 423 g/mol. The second-order valence-corrected chi connectivity index (χ2v) is 9.11. The zero-order valence-corrected chi connectivity index (χ0v) is 17.4. The SMILES string of the molecule is Cc1ccc(S(=O)(=O)N2C/C(=C\c3ccccc3)C(c3ccc(Cl)cc3)=N2)cc1. The van der Waals surface area contributed by atoms with Crippen molar-refractivity contribution in [2.45, 2.75) is 11.8 Å². The van der Waals surface area contributed by atoms with Crippen molar-refractivity contribution in [3.05, 3.63) is 106 Å². The molecular weight excluding hydrogens is 404 g/mol. The highest BCUT2D eigenvalue weighted by Crippen LogP contribution is 2.27. The quantitative estimate of drug-likeness (QED) is 0.584. The molecular formula is C23H19ClN2O2S. The molecule has 0 amide bonds. The molecule has 6 heteroatoms. The lowest BCUT2D eigenvalue weighted by molar-refractivity contribution is 0.473. The Morgan fingerprint density at radius 2 is 1.59 bits per heavy atom. The second-order valence-electron chi connectivity index (χ2n) is 6.83. The summed E-state index contributed by atoms with van der Waals surface area (Å²) in [6, 6.07) is 23.8. The largest absolute Gasteiger partial charge is 0.279 e. The van der Waals surface area contributed by atoms with Gasteiger partial charge in [0.05, 0.1) is 17.2 Å². The van der Waals surface area contributed by atoms with E-state index >= 15 is 0 Å². The summed E-state index contributed by atoms with van der Waals surface area (Å²) in [7, 11) is -3.75. The summed E-state index contributed by atoms with van der Waals surface area (Å²) >= 11 is 6.02. The standard InChI is InChI=1S/C23H19ClN2O2S/c1-17-7-13-22(14-8-17)29(27,28)26-16-20(15-18-5-3-2-4-6-18)23(25-26)19-9-11-21(24)12-10-19/h2-15H,16H2,1H3/b20-15+. The number of sulfonamides is 1. The first-order chi connectivity index (χ1) is 13.9. The van der Waals surface area contributed by atoms with E-state index in [1.807, 2.05) is 55.5 Å². The minimum atomic E-state index is -3.75. The van der Waals surface area contributed by atoms with Gasteiger partial charge in [-0.15, -0.1) is 0 Å². The highest BCUT2D eigenvalue weighted by Gasteiger charge is 2.31. The fraction of sp³-hybridized carbons (Fsp3) is 0.0870. The van der Waals surface area contributed by atoms with Crippen molar-refractivity contribution in [1.82, 2.24) is 4.41 Å². The van der Waals surface area contributed by atoms with Gasteiger partial charge < -0.3 is 0 Å². The minimum Gasteiger partial charge on any atom is -0.200 e. The fourth-order valence-electron chi connectivity index (χ4n) is 3.12. The summed E-state index contributed by atoms with van der Waals surface area (Å²) < 4.78 is 27.5. The Morgan fingerprint density at radius 3 is 2.24 bits per heavy atom. The van der Waals surface area contributed by atoms with Gasteiger partial charge in [0.25, 0.3) is 10.0 Å². The van der Waals surface area contributed by atoms with Crippen LogP contribution in [0.5, 0.6) is 0 Å². The fourth-order valence-corrected chi connectivity index (χ4v) is 4.47. The lowest BCUT2D eigenvalue weighted by Gasteiger charge is -2.14. The molecule has 146 valence electrons. The van der Waals surface area contributed by atoms with E-state index < -0.39 is 10.0 Å². The minimum absolute atomic E-state index is 0.170. The van der Waals surface area contributed by atoms with Crippen molar-refractivity contribution in [1.29, 1.82) is 0 Å². The molecule has 29 heavy (non-hydrogen) atoms. The van der Waals surface area contributed by atoms with E-state index in [0.717, 1.165) is 26.7 Å². The Morgan fingerprint density at radius 1 is 0.931 bits per heavy atom. The number of rotatable bonds is 4. The number of hydrogen-bond donors (Lipinski definition) is 0. The lowest BCUT2D eigenvalue weighted by atomic mass is 10.0. The van der Waals surface area contributed by atoms with E-state index in [0.29, 0.717) is 10.7 Å². The molecule has 4 rings (SSSR count). The summed E-state index contributed by atoms with van der Waals surface area (Å²) in [6.45, 7) is 2.09. The molecule has 0 unspecified atom stereocenters. The van der Waals surface area contributed by atoms with Crippen LogP contribution in [0.3, 0.4) is 0 Å². The number of hydrazone groups is 1. The number of hydrogen-bond acceptors (Lipinski definition) is 3. The second kappa shape index (κ2) is 7.85. The van der Waals surface area contributed by atoms with Gasteiger partial charge in [-0.05, 0) is 42.8 Å². The molecule has 0 saturated heterocycles. The first-order valence-electron chi connectivity index (χ1n) is 9.13. The Hall–Kier alpha value is -2.89. The summed E-state index contributed by atoms with van der Waals surface area (Å²) in [5.41, 5.74) is 4.26. The third-order valence-electron chi connectivity index (χ3n) is 4.68. The van der Waals surface area contributed by atoms with Gasteiger partial charge in [-0.1, -0.05) is 71.8 Å². The average Bonchev–Trinajstić information content (AvgIpc) is 3.14. The molecule has 0 aromatic heterocycles. The number of aryl methyl sites for hydroxylation is 1. The van der Waals surface area contributed by atoms with Gasteiger partial charge in [-0.3, -0.25) is 0 Å². The molecule has 1 heterocycles. The van der Waals surface area contributed by atoms with Gasteiger partial charge in [0.15, 0.2) is 0 Å². The van der Waals surface area contributed by atoms with Crippen LogP contribution in [0.15, 0.2) is 94.4 Å². The highest BCUT2D eigenvalue weighted by molar-refractivity contribution is 7.89. The van der Waals surface area contributed by atoms with Crippen LogP contribution in [0.2, 0.25) is 5.02 Å². The molecule has 0 bridgehead atoms. The maximum atomic E-state index is 13.1. The van der Waals surface area contributed by atoms with Gasteiger partial charge in [-0.25, -0.2) is 0 Å². The molecule has 0 atom stereocenters. The third-order valence-corrected chi connectivity index (χ3v) is 6.56. The van der Waals surface area contributed by atoms with E-state index in [1.54, 1.807) is 36.4 Å². The predicted molar refractivity (Wildman–Crippen MR) is 117 cm³/mol. The van der Waals surface area contributed by atoms with Crippen LogP contribution in [0.4, 0.5) is 0 Å². The Kier molecular flexibility index (Phi) is 5.26. The van der Waals surface area contributed by atoms with Crippen LogP contribution in [0.1, 0.15) is 16.7 Å². The van der Waals surface area contributed by atoms with Crippen LogP contribution < -0.4 is 0 Å². The van der Waals surface area contributed by atoms with Gasteiger partial charge in [-0.2, -0.15) is 17.9 Å². The predicted octanol–water partition coefficient (Wildman–Crippen LogP) is 5.14. The topological polar surface area (TPSA) is 49.7 Å². The molecule has 0 saturated carbocycles. The number of nitrogens with zero attached hydrogens (tertiary/aromatic N) is 2. The van der Waals surface area contributed by atoms with Gasteiger partial charge in [0, 0.05) is 16.2 Å². The Bertz CT molecular complexity index is 1180. The molecule has 4 nitrogen and oxygen atoms in total. The summed E-state index contributed by atoms with van der Waals surface area (Å²) in [5, 5.41) is 5.10. The lowest BCUT2D eigenvalue weighted by Crippen LogP contribution is -2.24. The van der Waals surface area contributed by atoms with Crippen molar-refractivity contribution >= 4 is 33.4 Å². The normalized spacial score (nSPS) is 15.6. The summed E-state index contributed by atoms with van der Waals surface area (Å²) in [6.07, 6.45) is 1.97. The van der Waals surface area contributed by atoms with E-state index in [1.165, 1.54) is 0 Å². The van der Waals surface area contributed by atoms with Gasteiger partial charge >= 0.3 is 0 Å². The van der Waals surface area contributed by atoms with Crippen LogP contribution in [-0.4, -0.2) is 25.1 Å². The Balaban J connectivity index is 1.78. The maximum Gasteiger partial charge on any atom is 0.279 e. The molecule has 0 N–H and O–H groups in total. The van der Waals surface area contributed by atoms with Crippen molar-refractivity contribution in [3.63, 3.8) is 0 Å². The highest BCUT2D eigenvalue weighted by atomic mass is 35.5. The first kappa shape index (κ1) is 19.4. The molecule has 0 radical (unpaired) electrons. The van der Waals surface area contributed by atoms with Crippen LogP contribution >= 0.6 is 11.6 Å². The number of benzene rings is 3. The molecule has 3 aromatic carbocycles. The van der Waals surface area contributed by atoms with Crippen LogP contribution in [0.25, 0.3) is 6.08 Å². The van der Waals surface area contributed by atoms with Gasteiger partial charge in [0.1, 0.15) is 0 Å². The molecule has 1 aliphatic heterocycles. The van der Waals surface area contributed by atoms with E-state index in [-0.39, 0.29) is 11.4 Å². The van der Waals surface area contributed by atoms with E-state index in [4.69, 9.17) is 11.6 Å². The molecule has 1 aliphatic rings. The van der Waals surface area contributed by atoms with Crippen molar-refractivity contribution in [3.8, 4) is 0 Å². The molecule has 0 aliphatic carbocycles. The smallest absolute Gasteiger partial charge is 0.200 e. The maximum absolute atomic E-state index is 13.1. The third kappa shape index (κ3) is 4.11. The van der Waals surface area contributed by atoms with Crippen LogP contribution in [0, 0.1) is 6.92 Å². The molecule has 3 aromatic rings. The number of halogens is 1. The monoisotopic (exact) mass is 422 g/mol. The van der Waals surface area contributed by atoms with Crippen LogP contribution in [-0.2, 0) is 10.0 Å². The zero-order valence-electron chi connectivity index (χ0n) is 15.8. The first-order valence-corrected chi connectivity index (χ1v) is 11.0. The van der Waals surface area contributed by atoms with E-state index in [2.05, 4.69) is 5.10 Å². The van der Waals surface area contributed by atoms with E-state index in [9.17, 15) is 8.42 Å². The van der Waals surface area contributed by atoms with Crippen molar-refractivity contribution in [2.24, 2.45) is 5.10 Å². The Labute approximate surface area is 175 Å². The van der Waals surface area contributed by atoms with Crippen molar-refractivity contribution in [2.75, 3.05) is 6.54 Å². The summed E-state index contributed by atoms with van der Waals surface area (Å²) in [5.74, 6) is 0. The molecule has 0 fully saturated rings. The molecule has 0 spiro atoms.